The molecule has 0 bridgehead atoms. The summed E-state index contributed by atoms with van der Waals surface area (Å²) in [6.45, 7) is 0. The summed E-state index contributed by atoms with van der Waals surface area (Å²) in [5.74, 6) is 1.55. The molecule has 0 aliphatic carbocycles. The van der Waals surface area contributed by atoms with Crippen LogP contribution in [0.1, 0.15) is 0 Å². The molecule has 0 atom stereocenters. The predicted octanol–water partition coefficient (Wildman–Crippen LogP) is 5.82. The summed E-state index contributed by atoms with van der Waals surface area (Å²) >= 11 is 6.13. The smallest absolute Gasteiger partial charge is 0.175 e. The maximum Gasteiger partial charge on any atom is 0.175 e. The molecular formula is C20H14ClNO2. The quantitative estimate of drug-likeness (QED) is 0.473. The van der Waals surface area contributed by atoms with Gasteiger partial charge in [-0.2, -0.15) is 0 Å². The number of benzene rings is 3. The molecule has 0 aliphatic heterocycles. The largest absolute Gasteiger partial charge is 0.496 e. The number of rotatable bonds is 3. The fourth-order valence-corrected chi connectivity index (χ4v) is 3.13. The number of halogens is 1. The van der Waals surface area contributed by atoms with Gasteiger partial charge in [0.1, 0.15) is 5.75 Å². The van der Waals surface area contributed by atoms with Gasteiger partial charge >= 0.3 is 0 Å². The molecule has 1 heterocycles. The molecule has 0 fully saturated rings. The van der Waals surface area contributed by atoms with Crippen LogP contribution in [0.25, 0.3) is 33.2 Å². The molecule has 0 amide bonds. The highest BCUT2D eigenvalue weighted by molar-refractivity contribution is 6.30. The first-order valence-corrected chi connectivity index (χ1v) is 7.92. The molecule has 4 rings (SSSR count). The van der Waals surface area contributed by atoms with Crippen molar-refractivity contribution in [1.82, 2.24) is 5.16 Å². The third kappa shape index (κ3) is 2.43. The molecule has 0 saturated carbocycles. The van der Waals surface area contributed by atoms with E-state index in [2.05, 4.69) is 11.2 Å². The molecule has 0 radical (unpaired) electrons. The van der Waals surface area contributed by atoms with Crippen molar-refractivity contribution in [2.45, 2.75) is 0 Å². The Morgan fingerprint density at radius 2 is 1.75 bits per heavy atom. The van der Waals surface area contributed by atoms with Crippen LogP contribution in [-0.4, -0.2) is 12.3 Å². The van der Waals surface area contributed by atoms with Gasteiger partial charge in [-0.25, -0.2) is 0 Å². The summed E-state index contributed by atoms with van der Waals surface area (Å²) in [4.78, 5) is 0. The van der Waals surface area contributed by atoms with Crippen molar-refractivity contribution in [2.75, 3.05) is 7.11 Å². The Labute approximate surface area is 144 Å². The zero-order valence-electron chi connectivity index (χ0n) is 13.0. The molecule has 0 aliphatic rings. The summed E-state index contributed by atoms with van der Waals surface area (Å²) in [5, 5.41) is 6.77. The van der Waals surface area contributed by atoms with E-state index in [0.29, 0.717) is 5.02 Å². The molecule has 24 heavy (non-hydrogen) atoms. The normalized spacial score (nSPS) is 10.9. The summed E-state index contributed by atoms with van der Waals surface area (Å²) in [7, 11) is 1.67. The molecule has 4 aromatic rings. The zero-order chi connectivity index (χ0) is 16.5. The lowest BCUT2D eigenvalue weighted by Crippen LogP contribution is -1.88. The van der Waals surface area contributed by atoms with E-state index in [-0.39, 0.29) is 0 Å². The van der Waals surface area contributed by atoms with Crippen LogP contribution < -0.4 is 4.74 Å². The van der Waals surface area contributed by atoms with E-state index in [1.54, 1.807) is 13.3 Å². The van der Waals surface area contributed by atoms with E-state index in [0.717, 1.165) is 39.0 Å². The highest BCUT2D eigenvalue weighted by atomic mass is 35.5. The third-order valence-corrected chi connectivity index (χ3v) is 4.29. The Bertz CT molecular complexity index is 1020. The average Bonchev–Trinajstić information content (AvgIpc) is 3.10. The van der Waals surface area contributed by atoms with Crippen LogP contribution in [0.4, 0.5) is 0 Å². The van der Waals surface area contributed by atoms with E-state index in [9.17, 15) is 0 Å². The van der Waals surface area contributed by atoms with Crippen molar-refractivity contribution in [1.29, 1.82) is 0 Å². The molecule has 3 aromatic carbocycles. The second-order valence-electron chi connectivity index (χ2n) is 5.44. The van der Waals surface area contributed by atoms with Crippen molar-refractivity contribution in [3.8, 4) is 28.2 Å². The third-order valence-electron chi connectivity index (χ3n) is 4.05. The fraction of sp³-hybridized carbons (Fsp3) is 0.0500. The second kappa shape index (κ2) is 6.02. The molecule has 0 unspecified atom stereocenters. The van der Waals surface area contributed by atoms with E-state index >= 15 is 0 Å². The molecule has 3 nitrogen and oxygen atoms in total. The van der Waals surface area contributed by atoms with Crippen molar-refractivity contribution >= 4 is 22.4 Å². The van der Waals surface area contributed by atoms with Crippen LogP contribution in [0.15, 0.2) is 71.4 Å². The summed E-state index contributed by atoms with van der Waals surface area (Å²) in [5.41, 5.74) is 2.85. The number of hydrogen-bond acceptors (Lipinski definition) is 3. The summed E-state index contributed by atoms with van der Waals surface area (Å²) < 4.78 is 11.1. The Morgan fingerprint density at radius 3 is 2.54 bits per heavy atom. The monoisotopic (exact) mass is 335 g/mol. The minimum atomic E-state index is 0.680. The number of hydrogen-bond donors (Lipinski definition) is 0. The number of aromatic nitrogens is 1. The van der Waals surface area contributed by atoms with Gasteiger partial charge in [-0.3, -0.25) is 0 Å². The van der Waals surface area contributed by atoms with E-state index in [4.69, 9.17) is 20.9 Å². The Morgan fingerprint density at radius 1 is 0.917 bits per heavy atom. The standard InChI is InChI=1S/C20H14ClNO2/c1-23-19-10-9-17(15-7-2-3-8-16(15)19)20-18(12-22-24-20)13-5-4-6-14(21)11-13/h2-12H,1H3. The number of methoxy groups -OCH3 is 1. The van der Waals surface area contributed by atoms with Gasteiger partial charge in [-0.1, -0.05) is 53.2 Å². The number of nitrogens with zero attached hydrogens (tertiary/aromatic N) is 1. The molecule has 0 N–H and O–H groups in total. The summed E-state index contributed by atoms with van der Waals surface area (Å²) in [6, 6.07) is 19.7. The highest BCUT2D eigenvalue weighted by Crippen LogP contribution is 2.39. The Hall–Kier alpha value is -2.78. The zero-order valence-corrected chi connectivity index (χ0v) is 13.7. The minimum Gasteiger partial charge on any atom is -0.496 e. The van der Waals surface area contributed by atoms with Crippen LogP contribution in [0, 0.1) is 0 Å². The van der Waals surface area contributed by atoms with Crippen LogP contribution in [0.5, 0.6) is 5.75 Å². The summed E-state index contributed by atoms with van der Waals surface area (Å²) in [6.07, 6.45) is 1.72. The molecule has 0 saturated heterocycles. The van der Waals surface area contributed by atoms with Crippen LogP contribution in [0.3, 0.4) is 0 Å². The molecule has 0 spiro atoms. The average molecular weight is 336 g/mol. The van der Waals surface area contributed by atoms with Crippen LogP contribution in [0.2, 0.25) is 5.02 Å². The number of ether oxygens (including phenoxy) is 1. The molecular weight excluding hydrogens is 322 g/mol. The Kier molecular flexibility index (Phi) is 3.71. The topological polar surface area (TPSA) is 35.3 Å². The first kappa shape index (κ1) is 14.8. The molecule has 1 aromatic heterocycles. The van der Waals surface area contributed by atoms with Crippen molar-refractivity contribution in [3.63, 3.8) is 0 Å². The minimum absolute atomic E-state index is 0.680. The van der Waals surface area contributed by atoms with E-state index in [1.165, 1.54) is 0 Å². The van der Waals surface area contributed by atoms with Crippen LogP contribution in [-0.2, 0) is 0 Å². The van der Waals surface area contributed by atoms with Gasteiger partial charge in [0.05, 0.1) is 13.3 Å². The molecule has 118 valence electrons. The lowest BCUT2D eigenvalue weighted by atomic mass is 9.97. The van der Waals surface area contributed by atoms with Gasteiger partial charge in [0.25, 0.3) is 0 Å². The lowest BCUT2D eigenvalue weighted by molar-refractivity contribution is 0.419. The predicted molar refractivity (Wildman–Crippen MR) is 96.4 cm³/mol. The maximum absolute atomic E-state index is 6.13. The van der Waals surface area contributed by atoms with E-state index < -0.39 is 0 Å². The van der Waals surface area contributed by atoms with Crippen LogP contribution >= 0.6 is 11.6 Å². The van der Waals surface area contributed by atoms with Gasteiger partial charge in [0.2, 0.25) is 0 Å². The van der Waals surface area contributed by atoms with Crippen molar-refractivity contribution in [2.24, 2.45) is 0 Å². The lowest BCUT2D eigenvalue weighted by Gasteiger charge is -2.10. The first-order chi connectivity index (χ1) is 11.8. The van der Waals surface area contributed by atoms with E-state index in [1.807, 2.05) is 54.6 Å². The van der Waals surface area contributed by atoms with Gasteiger partial charge in [-0.05, 0) is 35.2 Å². The van der Waals surface area contributed by atoms with Gasteiger partial charge in [0.15, 0.2) is 5.76 Å². The van der Waals surface area contributed by atoms with Crippen molar-refractivity contribution < 1.29 is 9.26 Å². The van der Waals surface area contributed by atoms with Crippen molar-refractivity contribution in [3.05, 3.63) is 71.9 Å². The number of fused-ring (bicyclic) bond motifs is 1. The Balaban J connectivity index is 1.96. The fourth-order valence-electron chi connectivity index (χ4n) is 2.94. The maximum atomic E-state index is 6.13. The SMILES string of the molecule is COc1ccc(-c2oncc2-c2cccc(Cl)c2)c2ccccc12. The first-order valence-electron chi connectivity index (χ1n) is 7.54. The second-order valence-corrected chi connectivity index (χ2v) is 5.88. The van der Waals surface area contributed by atoms with Gasteiger partial charge < -0.3 is 9.26 Å². The molecule has 4 heteroatoms. The van der Waals surface area contributed by atoms with Gasteiger partial charge in [-0.15, -0.1) is 0 Å². The highest BCUT2D eigenvalue weighted by Gasteiger charge is 2.16. The van der Waals surface area contributed by atoms with Gasteiger partial charge in [0, 0.05) is 21.5 Å².